The van der Waals surface area contributed by atoms with Gasteiger partial charge in [-0.1, -0.05) is 32.6 Å². The maximum absolute atomic E-state index is 6.98. The van der Waals surface area contributed by atoms with E-state index in [9.17, 15) is 0 Å². The van der Waals surface area contributed by atoms with E-state index < -0.39 is 0 Å². The summed E-state index contributed by atoms with van der Waals surface area (Å²) in [6.45, 7) is 2.69. The zero-order chi connectivity index (χ0) is 9.78. The molecule has 13 heavy (non-hydrogen) atoms. The standard InChI is InChI=1S/C12H22N/c1-2-3-4-5-6-7-8-9-10-11-12-13/h13H,2,5-12H2,1H3. The van der Waals surface area contributed by atoms with E-state index in [1.165, 1.54) is 32.1 Å². The zero-order valence-corrected chi connectivity index (χ0v) is 8.86. The second kappa shape index (κ2) is 11.5. The highest BCUT2D eigenvalue weighted by atomic mass is 14.5. The largest absolute Gasteiger partial charge is 0.258 e. The predicted molar refractivity (Wildman–Crippen MR) is 58.3 cm³/mol. The smallest absolute Gasteiger partial charge is 0.00997 e. The summed E-state index contributed by atoms with van der Waals surface area (Å²) in [6.07, 6.45) is 9.59. The van der Waals surface area contributed by atoms with E-state index in [0.717, 1.165) is 19.3 Å². The second-order valence-electron chi connectivity index (χ2n) is 3.33. The van der Waals surface area contributed by atoms with Crippen molar-refractivity contribution in [3.05, 3.63) is 0 Å². The number of hydrogen-bond acceptors (Lipinski definition) is 0. The molecule has 0 fully saturated rings. The van der Waals surface area contributed by atoms with Gasteiger partial charge in [-0.2, -0.15) is 0 Å². The zero-order valence-electron chi connectivity index (χ0n) is 8.86. The molecule has 0 aliphatic rings. The van der Waals surface area contributed by atoms with Crippen molar-refractivity contribution in [1.82, 2.24) is 5.73 Å². The predicted octanol–water partition coefficient (Wildman–Crippen LogP) is 3.41. The topological polar surface area (TPSA) is 23.8 Å². The van der Waals surface area contributed by atoms with Crippen LogP contribution in [-0.4, -0.2) is 6.54 Å². The quantitative estimate of drug-likeness (QED) is 0.423. The third-order valence-electron chi connectivity index (χ3n) is 2.03. The van der Waals surface area contributed by atoms with Gasteiger partial charge in [-0.25, -0.2) is 0 Å². The highest BCUT2D eigenvalue weighted by Gasteiger charge is 1.88. The Kier molecular flexibility index (Phi) is 11.1. The fourth-order valence-electron chi connectivity index (χ4n) is 1.26. The Bertz CT molecular complexity index is 141. The van der Waals surface area contributed by atoms with Gasteiger partial charge in [0.25, 0.3) is 0 Å². The Morgan fingerprint density at radius 1 is 0.846 bits per heavy atom. The summed E-state index contributed by atoms with van der Waals surface area (Å²) in [4.78, 5) is 0. The molecule has 75 valence electrons. The summed E-state index contributed by atoms with van der Waals surface area (Å²) >= 11 is 0. The fourth-order valence-corrected chi connectivity index (χ4v) is 1.26. The first-order valence-corrected chi connectivity index (χ1v) is 5.52. The van der Waals surface area contributed by atoms with Crippen molar-refractivity contribution in [2.75, 3.05) is 6.54 Å². The Labute approximate surface area is 83.1 Å². The molecule has 1 heteroatoms. The molecule has 0 saturated heterocycles. The van der Waals surface area contributed by atoms with Crippen molar-refractivity contribution in [2.24, 2.45) is 0 Å². The normalized spacial score (nSPS) is 9.38. The molecule has 1 N–H and O–H groups in total. The Morgan fingerprint density at radius 3 is 2.08 bits per heavy atom. The molecule has 0 saturated carbocycles. The van der Waals surface area contributed by atoms with Gasteiger partial charge < -0.3 is 0 Å². The van der Waals surface area contributed by atoms with Gasteiger partial charge in [0.2, 0.25) is 0 Å². The van der Waals surface area contributed by atoms with Gasteiger partial charge >= 0.3 is 0 Å². The van der Waals surface area contributed by atoms with E-state index in [1.54, 1.807) is 0 Å². The minimum absolute atomic E-state index is 0.599. The molecule has 0 unspecified atom stereocenters. The number of rotatable bonds is 7. The highest BCUT2D eigenvalue weighted by molar-refractivity contribution is 4.97. The van der Waals surface area contributed by atoms with Crippen LogP contribution in [0.15, 0.2) is 0 Å². The van der Waals surface area contributed by atoms with Crippen LogP contribution in [0.1, 0.15) is 58.3 Å². The molecule has 0 aliphatic carbocycles. The summed E-state index contributed by atoms with van der Waals surface area (Å²) in [6, 6.07) is 0. The monoisotopic (exact) mass is 180 g/mol. The Morgan fingerprint density at radius 2 is 1.46 bits per heavy atom. The lowest BCUT2D eigenvalue weighted by molar-refractivity contribution is 0.600. The Hall–Kier alpha value is -0.480. The van der Waals surface area contributed by atoms with Crippen LogP contribution in [0, 0.1) is 11.8 Å². The van der Waals surface area contributed by atoms with E-state index in [2.05, 4.69) is 18.8 Å². The van der Waals surface area contributed by atoms with Crippen LogP contribution in [-0.2, 0) is 0 Å². The van der Waals surface area contributed by atoms with Gasteiger partial charge in [0.05, 0.1) is 0 Å². The van der Waals surface area contributed by atoms with E-state index in [4.69, 9.17) is 5.73 Å². The summed E-state index contributed by atoms with van der Waals surface area (Å²) in [5, 5.41) is 0. The van der Waals surface area contributed by atoms with Crippen molar-refractivity contribution >= 4 is 0 Å². The Balaban J connectivity index is 2.91. The summed E-state index contributed by atoms with van der Waals surface area (Å²) in [7, 11) is 0. The maximum Gasteiger partial charge on any atom is 0.00997 e. The van der Waals surface area contributed by atoms with Crippen LogP contribution in [0.3, 0.4) is 0 Å². The molecule has 0 atom stereocenters. The maximum atomic E-state index is 6.98. The minimum Gasteiger partial charge on any atom is -0.258 e. The molecule has 0 amide bonds. The van der Waals surface area contributed by atoms with Crippen molar-refractivity contribution in [1.29, 1.82) is 0 Å². The van der Waals surface area contributed by atoms with Crippen molar-refractivity contribution in [2.45, 2.75) is 58.3 Å². The van der Waals surface area contributed by atoms with Crippen molar-refractivity contribution in [3.8, 4) is 11.8 Å². The van der Waals surface area contributed by atoms with Crippen LogP contribution in [0.2, 0.25) is 0 Å². The SMILES string of the molecule is CCC#CCCCCCCCC[NH]. The molecule has 0 aromatic heterocycles. The number of hydrogen-bond donors (Lipinski definition) is 0. The third-order valence-corrected chi connectivity index (χ3v) is 2.03. The molecule has 0 bridgehead atoms. The molecule has 0 rings (SSSR count). The van der Waals surface area contributed by atoms with Gasteiger partial charge in [0.15, 0.2) is 0 Å². The van der Waals surface area contributed by atoms with Gasteiger partial charge in [-0.05, 0) is 12.8 Å². The summed E-state index contributed by atoms with van der Waals surface area (Å²) < 4.78 is 0. The fraction of sp³-hybridized carbons (Fsp3) is 0.833. The van der Waals surface area contributed by atoms with Gasteiger partial charge in [0, 0.05) is 19.4 Å². The lowest BCUT2D eigenvalue weighted by atomic mass is 10.1. The molecule has 0 aliphatic heterocycles. The molecule has 1 nitrogen and oxygen atoms in total. The highest BCUT2D eigenvalue weighted by Crippen LogP contribution is 2.06. The molecule has 0 aromatic rings. The second-order valence-corrected chi connectivity index (χ2v) is 3.33. The average Bonchev–Trinajstić information content (AvgIpc) is 2.16. The van der Waals surface area contributed by atoms with Crippen molar-refractivity contribution in [3.63, 3.8) is 0 Å². The van der Waals surface area contributed by atoms with Crippen LogP contribution in [0.5, 0.6) is 0 Å². The van der Waals surface area contributed by atoms with Gasteiger partial charge in [-0.3, -0.25) is 5.73 Å². The van der Waals surface area contributed by atoms with E-state index in [1.807, 2.05) is 0 Å². The lowest BCUT2D eigenvalue weighted by Gasteiger charge is -1.97. The molecular formula is C12H22N. The molecular weight excluding hydrogens is 158 g/mol. The first-order chi connectivity index (χ1) is 6.41. The molecule has 0 aromatic carbocycles. The number of nitrogens with one attached hydrogen (secondary N) is 1. The van der Waals surface area contributed by atoms with Crippen LogP contribution in [0.25, 0.3) is 0 Å². The molecule has 0 heterocycles. The van der Waals surface area contributed by atoms with Gasteiger partial charge in [0.1, 0.15) is 0 Å². The lowest BCUT2D eigenvalue weighted by Crippen LogP contribution is -1.85. The molecule has 1 radical (unpaired) electrons. The van der Waals surface area contributed by atoms with Crippen LogP contribution in [0.4, 0.5) is 0 Å². The molecule has 0 spiro atoms. The first-order valence-electron chi connectivity index (χ1n) is 5.52. The third kappa shape index (κ3) is 11.5. The van der Waals surface area contributed by atoms with Crippen molar-refractivity contribution < 1.29 is 0 Å². The first kappa shape index (κ1) is 12.5. The van der Waals surface area contributed by atoms with E-state index in [-0.39, 0.29) is 0 Å². The van der Waals surface area contributed by atoms with E-state index in [0.29, 0.717) is 6.54 Å². The average molecular weight is 180 g/mol. The van der Waals surface area contributed by atoms with Gasteiger partial charge in [-0.15, -0.1) is 11.8 Å². The van der Waals surface area contributed by atoms with Crippen LogP contribution < -0.4 is 5.73 Å². The summed E-state index contributed by atoms with van der Waals surface area (Å²) in [5.41, 5.74) is 6.98. The number of unbranched alkanes of at least 4 members (excludes halogenated alkanes) is 6. The minimum atomic E-state index is 0.599. The van der Waals surface area contributed by atoms with Crippen LogP contribution >= 0.6 is 0 Å². The summed E-state index contributed by atoms with van der Waals surface area (Å²) in [5.74, 6) is 6.24. The van der Waals surface area contributed by atoms with E-state index >= 15 is 0 Å².